The molecule has 19 heavy (non-hydrogen) atoms. The van der Waals surface area contributed by atoms with Crippen LogP contribution >= 0.6 is 23.5 Å². The first-order valence-electron chi connectivity index (χ1n) is 5.73. The minimum atomic E-state index is 0.0527. The number of rotatable bonds is 3. The van der Waals surface area contributed by atoms with E-state index in [0.29, 0.717) is 11.0 Å². The number of nitrogens with zero attached hydrogens (tertiary/aromatic N) is 3. The van der Waals surface area contributed by atoms with Gasteiger partial charge in [0.05, 0.1) is 17.7 Å². The summed E-state index contributed by atoms with van der Waals surface area (Å²) >= 11 is 3.12. The van der Waals surface area contributed by atoms with Crippen LogP contribution in [0.1, 0.15) is 12.5 Å². The standard InChI is InChI=1S/C12H15N3O2S2/c1-8(16)15-4-5-19-10(15)6-9-7-13-12(18-3)14-11(9)17-2/h6-7H,4-5H2,1-3H3/b10-6+. The lowest BCUT2D eigenvalue weighted by Gasteiger charge is -2.14. The summed E-state index contributed by atoms with van der Waals surface area (Å²) in [5.41, 5.74) is 0.788. The highest BCUT2D eigenvalue weighted by Gasteiger charge is 2.21. The zero-order chi connectivity index (χ0) is 13.8. The van der Waals surface area contributed by atoms with Crippen molar-refractivity contribution in [2.24, 2.45) is 0 Å². The van der Waals surface area contributed by atoms with Crippen molar-refractivity contribution in [3.8, 4) is 5.88 Å². The fourth-order valence-corrected chi connectivity index (χ4v) is 3.12. The molecule has 1 aliphatic heterocycles. The first-order valence-corrected chi connectivity index (χ1v) is 7.94. The van der Waals surface area contributed by atoms with Crippen LogP contribution in [-0.4, -0.2) is 46.4 Å². The number of carbonyl (C=O) groups excluding carboxylic acids is 1. The Kier molecular flexibility index (Phi) is 4.71. The highest BCUT2D eigenvalue weighted by Crippen LogP contribution is 2.31. The molecule has 1 aromatic rings. The van der Waals surface area contributed by atoms with Crippen LogP contribution in [0.4, 0.5) is 0 Å². The first-order chi connectivity index (χ1) is 9.15. The summed E-state index contributed by atoms with van der Waals surface area (Å²) in [6.07, 6.45) is 5.54. The van der Waals surface area contributed by atoms with Crippen molar-refractivity contribution in [2.45, 2.75) is 12.1 Å². The minimum Gasteiger partial charge on any atom is -0.480 e. The van der Waals surface area contributed by atoms with Crippen molar-refractivity contribution in [2.75, 3.05) is 25.7 Å². The largest absolute Gasteiger partial charge is 0.480 e. The molecule has 1 aliphatic rings. The van der Waals surface area contributed by atoms with Gasteiger partial charge in [-0.2, -0.15) is 4.98 Å². The Morgan fingerprint density at radius 2 is 2.42 bits per heavy atom. The van der Waals surface area contributed by atoms with E-state index < -0.39 is 0 Å². The third kappa shape index (κ3) is 3.22. The van der Waals surface area contributed by atoms with Gasteiger partial charge >= 0.3 is 0 Å². The summed E-state index contributed by atoms with van der Waals surface area (Å²) in [4.78, 5) is 21.8. The maximum absolute atomic E-state index is 11.5. The maximum Gasteiger partial charge on any atom is 0.224 e. The fourth-order valence-electron chi connectivity index (χ4n) is 1.72. The molecule has 0 saturated carbocycles. The van der Waals surface area contributed by atoms with E-state index in [1.54, 1.807) is 36.9 Å². The monoisotopic (exact) mass is 297 g/mol. The van der Waals surface area contributed by atoms with Gasteiger partial charge in [-0.3, -0.25) is 4.79 Å². The molecule has 1 fully saturated rings. The van der Waals surface area contributed by atoms with Gasteiger partial charge in [0.15, 0.2) is 5.16 Å². The van der Waals surface area contributed by atoms with E-state index in [4.69, 9.17) is 4.74 Å². The van der Waals surface area contributed by atoms with Crippen LogP contribution in [0, 0.1) is 0 Å². The number of thioether (sulfide) groups is 2. The van der Waals surface area contributed by atoms with E-state index in [0.717, 1.165) is 22.9 Å². The van der Waals surface area contributed by atoms with Crippen LogP contribution in [0.25, 0.3) is 6.08 Å². The molecule has 0 spiro atoms. The van der Waals surface area contributed by atoms with Gasteiger partial charge in [-0.05, 0) is 12.3 Å². The first kappa shape index (κ1) is 14.2. The SMILES string of the molecule is COc1nc(SC)ncc1/C=C1/SCCN1C(C)=O. The maximum atomic E-state index is 11.5. The van der Waals surface area contributed by atoms with Crippen molar-refractivity contribution in [1.82, 2.24) is 14.9 Å². The highest BCUT2D eigenvalue weighted by molar-refractivity contribution is 8.03. The van der Waals surface area contributed by atoms with Crippen LogP contribution < -0.4 is 4.74 Å². The average molecular weight is 297 g/mol. The Labute approximate surface area is 120 Å². The van der Waals surface area contributed by atoms with Gasteiger partial charge in [-0.15, -0.1) is 11.8 Å². The molecular weight excluding hydrogens is 282 g/mol. The van der Waals surface area contributed by atoms with Crippen molar-refractivity contribution >= 4 is 35.5 Å². The Balaban J connectivity index is 2.34. The Bertz CT molecular complexity index is 520. The Morgan fingerprint density at radius 3 is 3.05 bits per heavy atom. The normalized spacial score (nSPS) is 17.0. The molecule has 102 valence electrons. The molecule has 0 aliphatic carbocycles. The predicted molar refractivity (Wildman–Crippen MR) is 78.2 cm³/mol. The molecule has 0 aromatic carbocycles. The third-order valence-electron chi connectivity index (χ3n) is 2.62. The van der Waals surface area contributed by atoms with Gasteiger partial charge < -0.3 is 9.64 Å². The zero-order valence-corrected chi connectivity index (χ0v) is 12.7. The molecular formula is C12H15N3O2S2. The van der Waals surface area contributed by atoms with E-state index in [1.165, 1.54) is 11.8 Å². The lowest BCUT2D eigenvalue weighted by Crippen LogP contribution is -2.23. The predicted octanol–water partition coefficient (Wildman–Crippen LogP) is 2.10. The van der Waals surface area contributed by atoms with Gasteiger partial charge in [0.2, 0.25) is 11.8 Å². The fraction of sp³-hybridized carbons (Fsp3) is 0.417. The lowest BCUT2D eigenvalue weighted by atomic mass is 10.3. The molecule has 2 heterocycles. The summed E-state index contributed by atoms with van der Waals surface area (Å²) in [7, 11) is 1.58. The van der Waals surface area contributed by atoms with Gasteiger partial charge in [0, 0.05) is 25.4 Å². The van der Waals surface area contributed by atoms with E-state index in [9.17, 15) is 4.79 Å². The third-order valence-corrected chi connectivity index (χ3v) is 4.21. The Hall–Kier alpha value is -1.21. The van der Waals surface area contributed by atoms with Gasteiger partial charge in [0.1, 0.15) is 0 Å². The molecule has 0 bridgehead atoms. The number of carbonyl (C=O) groups is 1. The number of hydrogen-bond donors (Lipinski definition) is 0. The van der Waals surface area contributed by atoms with E-state index in [1.807, 2.05) is 12.3 Å². The number of hydrogen-bond acceptors (Lipinski definition) is 6. The van der Waals surface area contributed by atoms with Crippen LogP contribution in [0.15, 0.2) is 16.4 Å². The van der Waals surface area contributed by atoms with Gasteiger partial charge in [-0.25, -0.2) is 4.98 Å². The topological polar surface area (TPSA) is 55.3 Å². The number of methoxy groups -OCH3 is 1. The van der Waals surface area contributed by atoms with Crippen LogP contribution in [0.5, 0.6) is 5.88 Å². The quantitative estimate of drug-likeness (QED) is 0.629. The number of ether oxygens (including phenoxy) is 1. The summed E-state index contributed by atoms with van der Waals surface area (Å²) in [6, 6.07) is 0. The molecule has 5 nitrogen and oxygen atoms in total. The Morgan fingerprint density at radius 1 is 1.63 bits per heavy atom. The molecule has 1 aromatic heterocycles. The molecule has 7 heteroatoms. The molecule has 0 atom stereocenters. The zero-order valence-electron chi connectivity index (χ0n) is 11.0. The number of aromatic nitrogens is 2. The molecule has 1 amide bonds. The van der Waals surface area contributed by atoms with E-state index >= 15 is 0 Å². The molecule has 1 saturated heterocycles. The van der Waals surface area contributed by atoms with E-state index in [2.05, 4.69) is 9.97 Å². The summed E-state index contributed by atoms with van der Waals surface area (Å²) in [6.45, 7) is 2.32. The average Bonchev–Trinajstić information content (AvgIpc) is 2.87. The second kappa shape index (κ2) is 6.29. The summed E-state index contributed by atoms with van der Waals surface area (Å²) in [5, 5.41) is 1.59. The molecule has 0 radical (unpaired) electrons. The molecule has 2 rings (SSSR count). The lowest BCUT2D eigenvalue weighted by molar-refractivity contribution is -0.126. The van der Waals surface area contributed by atoms with Crippen molar-refractivity contribution < 1.29 is 9.53 Å². The van der Waals surface area contributed by atoms with Crippen LogP contribution in [0.2, 0.25) is 0 Å². The summed E-state index contributed by atoms with van der Waals surface area (Å²) < 4.78 is 5.27. The highest BCUT2D eigenvalue weighted by atomic mass is 32.2. The van der Waals surface area contributed by atoms with Crippen molar-refractivity contribution in [1.29, 1.82) is 0 Å². The second-order valence-corrected chi connectivity index (χ2v) is 5.71. The summed E-state index contributed by atoms with van der Waals surface area (Å²) in [5.74, 6) is 1.50. The smallest absolute Gasteiger partial charge is 0.224 e. The second-order valence-electron chi connectivity index (χ2n) is 3.82. The van der Waals surface area contributed by atoms with Crippen molar-refractivity contribution in [3.05, 3.63) is 16.8 Å². The van der Waals surface area contributed by atoms with Crippen LogP contribution in [0.3, 0.4) is 0 Å². The van der Waals surface area contributed by atoms with E-state index in [-0.39, 0.29) is 5.91 Å². The van der Waals surface area contributed by atoms with Crippen molar-refractivity contribution in [3.63, 3.8) is 0 Å². The number of amides is 1. The van der Waals surface area contributed by atoms with Crippen LogP contribution in [-0.2, 0) is 4.79 Å². The molecule has 0 unspecified atom stereocenters. The van der Waals surface area contributed by atoms with Gasteiger partial charge in [0.25, 0.3) is 0 Å². The molecule has 0 N–H and O–H groups in total. The minimum absolute atomic E-state index is 0.0527. The van der Waals surface area contributed by atoms with Gasteiger partial charge in [-0.1, -0.05) is 11.8 Å².